The summed E-state index contributed by atoms with van der Waals surface area (Å²) < 4.78 is 4.91. The quantitative estimate of drug-likeness (QED) is 0.484. The van der Waals surface area contributed by atoms with Gasteiger partial charge in [-0.1, -0.05) is 0 Å². The Kier molecular flexibility index (Phi) is 2.48. The third kappa shape index (κ3) is 1.46. The predicted octanol–water partition coefficient (Wildman–Crippen LogP) is -1.10. The minimum atomic E-state index is -1.43. The van der Waals surface area contributed by atoms with Gasteiger partial charge < -0.3 is 20.1 Å². The second-order valence-corrected chi connectivity index (χ2v) is 4.69. The first-order valence-electron chi connectivity index (χ1n) is 5.16. The van der Waals surface area contributed by atoms with E-state index in [2.05, 4.69) is 0 Å². The van der Waals surface area contributed by atoms with Crippen LogP contribution in [-0.2, 0) is 9.53 Å². The van der Waals surface area contributed by atoms with Gasteiger partial charge in [0.25, 0.3) is 0 Å². The van der Waals surface area contributed by atoms with Crippen molar-refractivity contribution in [1.82, 2.24) is 0 Å². The van der Waals surface area contributed by atoms with Gasteiger partial charge >= 0.3 is 5.97 Å². The van der Waals surface area contributed by atoms with Gasteiger partial charge in [-0.2, -0.15) is 0 Å². The predicted molar refractivity (Wildman–Crippen MR) is 49.8 cm³/mol. The molecule has 2 rings (SSSR count). The molecule has 2 aliphatic rings. The Labute approximate surface area is 87.7 Å². The van der Waals surface area contributed by atoms with E-state index in [0.29, 0.717) is 6.42 Å². The molecule has 5 atom stereocenters. The number of ether oxygens (including phenoxy) is 1. The van der Waals surface area contributed by atoms with Crippen LogP contribution >= 0.6 is 0 Å². The molecule has 0 radical (unpaired) electrons. The van der Waals surface area contributed by atoms with Gasteiger partial charge in [0.15, 0.2) is 0 Å². The van der Waals surface area contributed by atoms with Crippen LogP contribution in [0.25, 0.3) is 0 Å². The second kappa shape index (κ2) is 3.43. The smallest absolute Gasteiger partial charge is 0.312 e. The maximum absolute atomic E-state index is 11.5. The largest absolute Gasteiger partial charge is 0.465 e. The number of carbonyl (C=O) groups is 1. The van der Waals surface area contributed by atoms with Crippen LogP contribution in [0.3, 0.4) is 0 Å². The summed E-state index contributed by atoms with van der Waals surface area (Å²) in [6.45, 7) is 1.54. The summed E-state index contributed by atoms with van der Waals surface area (Å²) in [6, 6.07) is 0. The summed E-state index contributed by atoms with van der Waals surface area (Å²) >= 11 is 0. The lowest BCUT2D eigenvalue weighted by atomic mass is 9.78. The summed E-state index contributed by atoms with van der Waals surface area (Å²) in [5.41, 5.74) is -1.43. The average molecular weight is 216 g/mol. The van der Waals surface area contributed by atoms with E-state index in [0.717, 1.165) is 0 Å². The van der Waals surface area contributed by atoms with Crippen LogP contribution < -0.4 is 0 Å². The van der Waals surface area contributed by atoms with Crippen molar-refractivity contribution < 1.29 is 24.9 Å². The minimum Gasteiger partial charge on any atom is -0.465 e. The second-order valence-electron chi connectivity index (χ2n) is 4.69. The molecule has 15 heavy (non-hydrogen) atoms. The van der Waals surface area contributed by atoms with Gasteiger partial charge in [0.2, 0.25) is 0 Å². The maximum Gasteiger partial charge on any atom is 0.312 e. The van der Waals surface area contributed by atoms with Crippen LogP contribution in [0.15, 0.2) is 0 Å². The van der Waals surface area contributed by atoms with Crippen LogP contribution in [-0.4, -0.2) is 46.2 Å². The van der Waals surface area contributed by atoms with E-state index >= 15 is 0 Å². The lowest BCUT2D eigenvalue weighted by molar-refractivity contribution is -0.174. The molecule has 0 unspecified atom stereocenters. The number of carbonyl (C=O) groups excluding carboxylic acids is 1. The molecule has 1 aliphatic heterocycles. The summed E-state index contributed by atoms with van der Waals surface area (Å²) in [5, 5.41) is 28.8. The fourth-order valence-corrected chi connectivity index (χ4v) is 2.74. The first-order valence-corrected chi connectivity index (χ1v) is 5.16. The highest BCUT2D eigenvalue weighted by Gasteiger charge is 2.58. The molecule has 0 amide bonds. The molecule has 86 valence electrons. The molecular weight excluding hydrogens is 200 g/mol. The molecule has 1 aliphatic carbocycles. The van der Waals surface area contributed by atoms with Gasteiger partial charge in [-0.05, 0) is 19.3 Å². The maximum atomic E-state index is 11.5. The Hall–Kier alpha value is -0.650. The fraction of sp³-hybridized carbons (Fsp3) is 0.900. The van der Waals surface area contributed by atoms with Crippen LogP contribution in [0.4, 0.5) is 0 Å². The van der Waals surface area contributed by atoms with Crippen molar-refractivity contribution in [3.63, 3.8) is 0 Å². The van der Waals surface area contributed by atoms with Crippen molar-refractivity contribution in [1.29, 1.82) is 0 Å². The van der Waals surface area contributed by atoms with Crippen molar-refractivity contribution >= 4 is 5.97 Å². The van der Waals surface area contributed by atoms with E-state index < -0.39 is 23.6 Å². The summed E-state index contributed by atoms with van der Waals surface area (Å²) in [6.07, 6.45) is -0.579. The van der Waals surface area contributed by atoms with Crippen molar-refractivity contribution in [2.75, 3.05) is 13.2 Å². The van der Waals surface area contributed by atoms with Crippen LogP contribution in [0.1, 0.15) is 13.3 Å². The van der Waals surface area contributed by atoms with Gasteiger partial charge in [-0.3, -0.25) is 4.79 Å². The van der Waals surface area contributed by atoms with E-state index in [1.54, 1.807) is 0 Å². The molecule has 0 aromatic rings. The minimum absolute atomic E-state index is 0.0861. The molecule has 0 aromatic carbocycles. The fourth-order valence-electron chi connectivity index (χ4n) is 2.74. The lowest BCUT2D eigenvalue weighted by Gasteiger charge is -2.35. The van der Waals surface area contributed by atoms with Crippen molar-refractivity contribution in [2.24, 2.45) is 17.8 Å². The highest BCUT2D eigenvalue weighted by molar-refractivity contribution is 5.75. The Morgan fingerprint density at radius 2 is 2.27 bits per heavy atom. The standard InChI is InChI=1S/C10H16O5/c1-10(14)7(12)2-6-5(3-11)4-15-9(13)8(6)10/h5-8,11-12,14H,2-4H2,1H3/t5-,6-,7+,8-,10-/m1/s1. The summed E-state index contributed by atoms with van der Waals surface area (Å²) in [4.78, 5) is 11.5. The van der Waals surface area contributed by atoms with E-state index in [1.165, 1.54) is 6.92 Å². The normalized spacial score (nSPS) is 50.0. The number of hydrogen-bond acceptors (Lipinski definition) is 5. The Balaban J connectivity index is 2.29. The molecule has 3 N–H and O–H groups in total. The van der Waals surface area contributed by atoms with E-state index in [1.807, 2.05) is 0 Å². The van der Waals surface area contributed by atoms with Gasteiger partial charge in [0.05, 0.1) is 18.6 Å². The molecule has 5 nitrogen and oxygen atoms in total. The zero-order valence-electron chi connectivity index (χ0n) is 8.59. The Morgan fingerprint density at radius 3 is 2.87 bits per heavy atom. The van der Waals surface area contributed by atoms with Gasteiger partial charge in [0.1, 0.15) is 5.60 Å². The molecule has 0 aromatic heterocycles. The van der Waals surface area contributed by atoms with Gasteiger partial charge in [-0.15, -0.1) is 0 Å². The highest BCUT2D eigenvalue weighted by Crippen LogP contribution is 2.46. The number of cyclic esters (lactones) is 1. The summed E-state index contributed by atoms with van der Waals surface area (Å²) in [7, 11) is 0. The summed E-state index contributed by atoms with van der Waals surface area (Å²) in [5.74, 6) is -1.53. The topological polar surface area (TPSA) is 87.0 Å². The van der Waals surface area contributed by atoms with Gasteiger partial charge in [0, 0.05) is 12.5 Å². The third-order valence-corrected chi connectivity index (χ3v) is 3.76. The average Bonchev–Trinajstić information content (AvgIpc) is 2.40. The molecule has 2 fully saturated rings. The SMILES string of the molecule is C[C@@]1(O)[C@@H](O)C[C@@H]2[C@H](CO)COC(=O)[C@@H]21. The Morgan fingerprint density at radius 1 is 1.60 bits per heavy atom. The van der Waals surface area contributed by atoms with Crippen molar-refractivity contribution in [2.45, 2.75) is 25.0 Å². The van der Waals surface area contributed by atoms with E-state index in [4.69, 9.17) is 9.84 Å². The monoisotopic (exact) mass is 216 g/mol. The number of esters is 1. The molecule has 1 saturated carbocycles. The van der Waals surface area contributed by atoms with Gasteiger partial charge in [-0.25, -0.2) is 0 Å². The number of aliphatic hydroxyl groups is 3. The number of hydrogen-bond donors (Lipinski definition) is 3. The zero-order chi connectivity index (χ0) is 11.2. The molecule has 0 spiro atoms. The van der Waals surface area contributed by atoms with E-state index in [-0.39, 0.29) is 25.0 Å². The molecule has 5 heteroatoms. The van der Waals surface area contributed by atoms with Crippen LogP contribution in [0, 0.1) is 17.8 Å². The van der Waals surface area contributed by atoms with E-state index in [9.17, 15) is 15.0 Å². The van der Waals surface area contributed by atoms with Crippen molar-refractivity contribution in [3.8, 4) is 0 Å². The molecular formula is C10H16O5. The first-order chi connectivity index (χ1) is 6.98. The lowest BCUT2D eigenvalue weighted by Crippen LogP contribution is -2.49. The highest BCUT2D eigenvalue weighted by atomic mass is 16.5. The van der Waals surface area contributed by atoms with Crippen LogP contribution in [0.2, 0.25) is 0 Å². The number of aliphatic hydroxyl groups excluding tert-OH is 2. The van der Waals surface area contributed by atoms with Crippen LogP contribution in [0.5, 0.6) is 0 Å². The molecule has 0 bridgehead atoms. The third-order valence-electron chi connectivity index (χ3n) is 3.76. The number of rotatable bonds is 1. The zero-order valence-corrected chi connectivity index (χ0v) is 8.59. The molecule has 1 saturated heterocycles. The number of fused-ring (bicyclic) bond motifs is 1. The first kappa shape index (κ1) is 10.9. The van der Waals surface area contributed by atoms with Crippen molar-refractivity contribution in [3.05, 3.63) is 0 Å². The molecule has 1 heterocycles. The Bertz CT molecular complexity index is 275.